The van der Waals surface area contributed by atoms with Crippen LogP contribution in [0.3, 0.4) is 0 Å². The molecule has 0 aliphatic heterocycles. The smallest absolute Gasteiger partial charge is 0.160 e. The number of methoxy groups -OCH3 is 2. The van der Waals surface area contributed by atoms with Crippen molar-refractivity contribution in [2.75, 3.05) is 20.8 Å². The van der Waals surface area contributed by atoms with Gasteiger partial charge in [0.05, 0.1) is 25.8 Å². The molecular weight excluding hydrogens is 465 g/mol. The molecule has 0 atom stereocenters. The molecule has 0 aliphatic rings. The summed E-state index contributed by atoms with van der Waals surface area (Å²) >= 11 is 9.70. The summed E-state index contributed by atoms with van der Waals surface area (Å²) < 4.78 is 17.5. The Morgan fingerprint density at radius 3 is 2.50 bits per heavy atom. The zero-order chi connectivity index (χ0) is 19.2. The second kappa shape index (κ2) is 10.8. The maximum absolute atomic E-state index is 6.29. The average Bonchev–Trinajstić information content (AvgIpc) is 3.13. The summed E-state index contributed by atoms with van der Waals surface area (Å²) in [6.07, 6.45) is 0.881. The number of hydrogen-bond donors (Lipinski definition) is 1. The zero-order valence-electron chi connectivity index (χ0n) is 15.6. The summed E-state index contributed by atoms with van der Waals surface area (Å²) in [5, 5.41) is 4.06. The molecule has 1 aromatic heterocycles. The van der Waals surface area contributed by atoms with Gasteiger partial charge in [-0.15, -0.1) is 12.4 Å². The summed E-state index contributed by atoms with van der Waals surface area (Å²) in [7, 11) is 3.28. The molecule has 0 fully saturated rings. The van der Waals surface area contributed by atoms with Crippen LogP contribution in [0.1, 0.15) is 11.3 Å². The van der Waals surface area contributed by atoms with E-state index in [1.165, 1.54) is 5.56 Å². The average molecular weight is 487 g/mol. The summed E-state index contributed by atoms with van der Waals surface area (Å²) in [6.45, 7) is 1.48. The molecule has 150 valence electrons. The van der Waals surface area contributed by atoms with Gasteiger partial charge >= 0.3 is 0 Å². The second-order valence-electron chi connectivity index (χ2n) is 6.01. The molecule has 3 aromatic rings. The minimum absolute atomic E-state index is 0. The van der Waals surface area contributed by atoms with Gasteiger partial charge in [-0.1, -0.05) is 33.6 Å². The first kappa shape index (κ1) is 22.6. The van der Waals surface area contributed by atoms with Crippen molar-refractivity contribution in [3.05, 3.63) is 69.3 Å². The monoisotopic (exact) mass is 485 g/mol. The first-order valence-corrected chi connectivity index (χ1v) is 9.73. The van der Waals surface area contributed by atoms with Crippen molar-refractivity contribution in [2.45, 2.75) is 13.0 Å². The fraction of sp³-hybridized carbons (Fsp3) is 0.238. The van der Waals surface area contributed by atoms with Gasteiger partial charge in [0.1, 0.15) is 11.5 Å². The number of halogens is 3. The molecule has 0 saturated carbocycles. The van der Waals surface area contributed by atoms with Crippen LogP contribution in [0.4, 0.5) is 0 Å². The van der Waals surface area contributed by atoms with Crippen LogP contribution in [-0.4, -0.2) is 20.8 Å². The molecule has 2 aromatic carbocycles. The van der Waals surface area contributed by atoms with Gasteiger partial charge in [0.25, 0.3) is 0 Å². The molecule has 3 rings (SSSR count). The molecule has 0 radical (unpaired) electrons. The molecule has 1 heterocycles. The predicted molar refractivity (Wildman–Crippen MR) is 119 cm³/mol. The third kappa shape index (κ3) is 5.67. The quantitative estimate of drug-likeness (QED) is 0.388. The lowest BCUT2D eigenvalue weighted by Gasteiger charge is -2.09. The molecule has 28 heavy (non-hydrogen) atoms. The van der Waals surface area contributed by atoms with E-state index in [1.807, 2.05) is 48.5 Å². The van der Waals surface area contributed by atoms with Gasteiger partial charge in [-0.3, -0.25) is 0 Å². The van der Waals surface area contributed by atoms with Gasteiger partial charge in [-0.2, -0.15) is 0 Å². The Hall–Kier alpha value is -1.66. The van der Waals surface area contributed by atoms with Crippen molar-refractivity contribution in [1.29, 1.82) is 0 Å². The number of rotatable bonds is 8. The number of nitrogens with one attached hydrogen (secondary N) is 1. The van der Waals surface area contributed by atoms with E-state index in [2.05, 4.69) is 21.2 Å². The summed E-state index contributed by atoms with van der Waals surface area (Å²) in [5.41, 5.74) is 2.07. The van der Waals surface area contributed by atoms with Gasteiger partial charge in [0, 0.05) is 10.0 Å². The Bertz CT molecular complexity index is 914. The molecule has 1 N–H and O–H groups in total. The van der Waals surface area contributed by atoms with Crippen molar-refractivity contribution in [3.8, 4) is 22.8 Å². The van der Waals surface area contributed by atoms with E-state index < -0.39 is 0 Å². The maximum atomic E-state index is 6.29. The molecule has 0 unspecified atom stereocenters. The van der Waals surface area contributed by atoms with Gasteiger partial charge in [-0.05, 0) is 61.0 Å². The molecule has 7 heteroatoms. The fourth-order valence-corrected chi connectivity index (χ4v) is 3.55. The molecule has 0 saturated heterocycles. The zero-order valence-corrected chi connectivity index (χ0v) is 18.8. The Morgan fingerprint density at radius 1 is 1.00 bits per heavy atom. The maximum Gasteiger partial charge on any atom is 0.160 e. The van der Waals surface area contributed by atoms with E-state index in [-0.39, 0.29) is 12.4 Å². The van der Waals surface area contributed by atoms with E-state index in [9.17, 15) is 0 Å². The fourth-order valence-electron chi connectivity index (χ4n) is 2.79. The Kier molecular flexibility index (Phi) is 8.70. The van der Waals surface area contributed by atoms with E-state index in [4.69, 9.17) is 25.5 Å². The SMILES string of the molecule is COc1ccc(CCNCc2ccc(-c3ccc(Br)cc3Cl)o2)cc1OC.Cl. The standard InChI is InChI=1S/C21H21BrClNO3.ClH/c1-25-20-7-3-14(11-21(20)26-2)9-10-24-13-16-5-8-19(27-16)17-6-4-15(22)12-18(17)23;/h3-8,11-12,24H,9-10,13H2,1-2H3;1H. The van der Waals surface area contributed by atoms with Crippen molar-refractivity contribution < 1.29 is 13.9 Å². The topological polar surface area (TPSA) is 43.6 Å². The largest absolute Gasteiger partial charge is 0.493 e. The second-order valence-corrected chi connectivity index (χ2v) is 7.33. The van der Waals surface area contributed by atoms with Gasteiger partial charge in [0.2, 0.25) is 0 Å². The van der Waals surface area contributed by atoms with Gasteiger partial charge in [0.15, 0.2) is 11.5 Å². The van der Waals surface area contributed by atoms with E-state index >= 15 is 0 Å². The number of hydrogen-bond acceptors (Lipinski definition) is 4. The molecule has 0 spiro atoms. The normalized spacial score (nSPS) is 10.4. The summed E-state index contributed by atoms with van der Waals surface area (Å²) in [6, 6.07) is 15.6. The van der Waals surface area contributed by atoms with Crippen LogP contribution in [0, 0.1) is 0 Å². The first-order chi connectivity index (χ1) is 13.1. The lowest BCUT2D eigenvalue weighted by atomic mass is 10.1. The molecule has 0 bridgehead atoms. The third-order valence-corrected chi connectivity index (χ3v) is 5.00. The highest BCUT2D eigenvalue weighted by molar-refractivity contribution is 9.10. The van der Waals surface area contributed by atoms with Crippen LogP contribution in [0.25, 0.3) is 11.3 Å². The highest BCUT2D eigenvalue weighted by Crippen LogP contribution is 2.31. The predicted octanol–water partition coefficient (Wildman–Crippen LogP) is 6.13. The van der Waals surface area contributed by atoms with Crippen molar-refractivity contribution in [1.82, 2.24) is 5.32 Å². The Balaban J connectivity index is 0.00000280. The van der Waals surface area contributed by atoms with Crippen molar-refractivity contribution >= 4 is 39.9 Å². The number of benzene rings is 2. The minimum Gasteiger partial charge on any atom is -0.493 e. The third-order valence-electron chi connectivity index (χ3n) is 4.20. The highest BCUT2D eigenvalue weighted by Gasteiger charge is 2.09. The lowest BCUT2D eigenvalue weighted by Crippen LogP contribution is -2.16. The van der Waals surface area contributed by atoms with E-state index in [0.29, 0.717) is 11.6 Å². The van der Waals surface area contributed by atoms with Crippen LogP contribution in [0.5, 0.6) is 11.5 Å². The van der Waals surface area contributed by atoms with E-state index in [0.717, 1.165) is 46.0 Å². The molecule has 0 amide bonds. The Labute approximate surface area is 184 Å². The lowest BCUT2D eigenvalue weighted by molar-refractivity contribution is 0.354. The minimum atomic E-state index is 0. The highest BCUT2D eigenvalue weighted by atomic mass is 79.9. The molecular formula is C21H22BrCl2NO3. The van der Waals surface area contributed by atoms with Crippen molar-refractivity contribution in [2.24, 2.45) is 0 Å². The van der Waals surface area contributed by atoms with Crippen LogP contribution < -0.4 is 14.8 Å². The number of furan rings is 1. The summed E-state index contributed by atoms with van der Waals surface area (Å²) in [5.74, 6) is 3.13. The van der Waals surface area contributed by atoms with Gasteiger partial charge in [-0.25, -0.2) is 0 Å². The van der Waals surface area contributed by atoms with Crippen LogP contribution >= 0.6 is 39.9 Å². The first-order valence-electron chi connectivity index (χ1n) is 8.56. The number of ether oxygens (including phenoxy) is 2. The van der Waals surface area contributed by atoms with Crippen LogP contribution in [-0.2, 0) is 13.0 Å². The Morgan fingerprint density at radius 2 is 1.79 bits per heavy atom. The van der Waals surface area contributed by atoms with Crippen LogP contribution in [0.15, 0.2) is 57.4 Å². The van der Waals surface area contributed by atoms with E-state index in [1.54, 1.807) is 14.2 Å². The molecule has 4 nitrogen and oxygen atoms in total. The van der Waals surface area contributed by atoms with Crippen LogP contribution in [0.2, 0.25) is 5.02 Å². The van der Waals surface area contributed by atoms with Crippen molar-refractivity contribution in [3.63, 3.8) is 0 Å². The molecule has 0 aliphatic carbocycles. The van der Waals surface area contributed by atoms with Gasteiger partial charge < -0.3 is 19.2 Å². The summed E-state index contributed by atoms with van der Waals surface area (Å²) in [4.78, 5) is 0.